The molecule has 33 heavy (non-hydrogen) atoms. The molecule has 0 saturated carbocycles. The maximum absolute atomic E-state index is 12.8. The van der Waals surface area contributed by atoms with Crippen LogP contribution in [0.15, 0.2) is 42.5 Å². The van der Waals surface area contributed by atoms with Crippen molar-refractivity contribution in [2.45, 2.75) is 26.2 Å². The normalized spacial score (nSPS) is 17.7. The summed E-state index contributed by atoms with van der Waals surface area (Å²) < 4.78 is 5.38. The molecule has 1 N–H and O–H groups in total. The van der Waals surface area contributed by atoms with Crippen LogP contribution in [0.25, 0.3) is 0 Å². The molecule has 8 heteroatoms. The Morgan fingerprint density at radius 1 is 1.09 bits per heavy atom. The van der Waals surface area contributed by atoms with E-state index in [2.05, 4.69) is 22.0 Å². The molecule has 0 atom stereocenters. The molecule has 176 valence electrons. The molecule has 4 rings (SSSR count). The van der Waals surface area contributed by atoms with Crippen molar-refractivity contribution in [3.63, 3.8) is 0 Å². The second-order valence-corrected chi connectivity index (χ2v) is 8.99. The third kappa shape index (κ3) is 6.09. The Labute approximate surface area is 194 Å². The molecule has 0 radical (unpaired) electrons. The predicted octanol–water partition coefficient (Wildman–Crippen LogP) is 3.96. The molecule has 2 saturated heterocycles. The van der Waals surface area contributed by atoms with E-state index in [4.69, 9.17) is 4.74 Å². The maximum atomic E-state index is 12.8. The summed E-state index contributed by atoms with van der Waals surface area (Å²) in [7, 11) is 0. The van der Waals surface area contributed by atoms with Gasteiger partial charge in [0, 0.05) is 50.0 Å². The van der Waals surface area contributed by atoms with Crippen molar-refractivity contribution in [2.75, 3.05) is 56.2 Å². The minimum absolute atomic E-state index is 0.0179. The van der Waals surface area contributed by atoms with Gasteiger partial charge in [0.25, 0.3) is 11.6 Å². The van der Waals surface area contributed by atoms with Crippen LogP contribution in [0.2, 0.25) is 0 Å². The molecule has 2 aliphatic rings. The molecule has 2 heterocycles. The maximum Gasteiger partial charge on any atom is 0.293 e. The minimum Gasteiger partial charge on any atom is -0.379 e. The van der Waals surface area contributed by atoms with Gasteiger partial charge in [-0.2, -0.15) is 0 Å². The number of nitro groups is 1. The zero-order chi connectivity index (χ0) is 23.2. The summed E-state index contributed by atoms with van der Waals surface area (Å²) >= 11 is 0. The van der Waals surface area contributed by atoms with Gasteiger partial charge in [-0.3, -0.25) is 19.8 Å². The summed E-state index contributed by atoms with van der Waals surface area (Å²) in [6, 6.07) is 12.6. The number of morpholine rings is 1. The van der Waals surface area contributed by atoms with Gasteiger partial charge in [0.15, 0.2) is 0 Å². The van der Waals surface area contributed by atoms with E-state index in [-0.39, 0.29) is 17.2 Å². The Bertz CT molecular complexity index is 965. The SMILES string of the molecule is CC1CCN(c2ccc(C(=O)Nc3ccc(CCN4CCOCC4)cc3)cc2[N+](=O)[O-])CC1. The minimum atomic E-state index is -0.395. The van der Waals surface area contributed by atoms with E-state index >= 15 is 0 Å². The number of carbonyl (C=O) groups is 1. The fraction of sp³-hybridized carbons (Fsp3) is 0.480. The van der Waals surface area contributed by atoms with Crippen molar-refractivity contribution in [3.8, 4) is 0 Å². The number of anilines is 2. The van der Waals surface area contributed by atoms with Gasteiger partial charge in [-0.15, -0.1) is 0 Å². The summed E-state index contributed by atoms with van der Waals surface area (Å²) in [5.74, 6) is 0.286. The second kappa shape index (κ2) is 10.8. The van der Waals surface area contributed by atoms with E-state index in [0.29, 0.717) is 17.3 Å². The largest absolute Gasteiger partial charge is 0.379 e. The quantitative estimate of drug-likeness (QED) is 0.505. The summed E-state index contributed by atoms with van der Waals surface area (Å²) in [5, 5.41) is 14.6. The predicted molar refractivity (Wildman–Crippen MR) is 129 cm³/mol. The molecule has 0 unspecified atom stereocenters. The molecule has 0 bridgehead atoms. The number of amides is 1. The highest BCUT2D eigenvalue weighted by atomic mass is 16.6. The van der Waals surface area contributed by atoms with Crippen LogP contribution in [0.5, 0.6) is 0 Å². The van der Waals surface area contributed by atoms with Gasteiger partial charge in [-0.05, 0) is 55.0 Å². The van der Waals surface area contributed by atoms with E-state index < -0.39 is 4.92 Å². The zero-order valence-corrected chi connectivity index (χ0v) is 19.2. The molecule has 0 aromatic heterocycles. The summed E-state index contributed by atoms with van der Waals surface area (Å²) in [6.45, 7) is 8.31. The van der Waals surface area contributed by atoms with E-state index in [1.165, 1.54) is 11.6 Å². The average Bonchev–Trinajstić information content (AvgIpc) is 2.84. The number of hydrogen-bond acceptors (Lipinski definition) is 6. The summed E-state index contributed by atoms with van der Waals surface area (Å²) in [4.78, 5) is 28.5. The highest BCUT2D eigenvalue weighted by molar-refractivity contribution is 6.05. The molecule has 2 fully saturated rings. The molecule has 2 aromatic carbocycles. The van der Waals surface area contributed by atoms with Gasteiger partial charge in [0.1, 0.15) is 5.69 Å². The lowest BCUT2D eigenvalue weighted by molar-refractivity contribution is -0.384. The van der Waals surface area contributed by atoms with Crippen molar-refractivity contribution < 1.29 is 14.5 Å². The Kier molecular flexibility index (Phi) is 7.57. The number of carbonyl (C=O) groups excluding carboxylic acids is 1. The highest BCUT2D eigenvalue weighted by Crippen LogP contribution is 2.32. The van der Waals surface area contributed by atoms with E-state index in [0.717, 1.165) is 65.2 Å². The fourth-order valence-corrected chi connectivity index (χ4v) is 4.40. The van der Waals surface area contributed by atoms with Crippen molar-refractivity contribution in [2.24, 2.45) is 5.92 Å². The first-order chi connectivity index (χ1) is 16.0. The van der Waals surface area contributed by atoms with Crippen LogP contribution < -0.4 is 10.2 Å². The zero-order valence-electron chi connectivity index (χ0n) is 19.2. The van der Waals surface area contributed by atoms with Gasteiger partial charge in [-0.1, -0.05) is 19.1 Å². The Morgan fingerprint density at radius 3 is 2.45 bits per heavy atom. The standard InChI is InChI=1S/C25H32N4O4/c1-19-8-12-28(13-9-19)23-7-4-21(18-24(23)29(31)32)25(30)26-22-5-2-20(3-6-22)10-11-27-14-16-33-17-15-27/h2-7,18-19H,8-17H2,1H3,(H,26,30). The van der Waals surface area contributed by atoms with Crippen molar-refractivity contribution >= 4 is 23.0 Å². The lowest BCUT2D eigenvalue weighted by atomic mass is 9.98. The smallest absolute Gasteiger partial charge is 0.293 e. The highest BCUT2D eigenvalue weighted by Gasteiger charge is 2.24. The lowest BCUT2D eigenvalue weighted by Gasteiger charge is -2.31. The molecule has 2 aromatic rings. The monoisotopic (exact) mass is 452 g/mol. The van der Waals surface area contributed by atoms with Gasteiger partial charge in [0.05, 0.1) is 18.1 Å². The van der Waals surface area contributed by atoms with Gasteiger partial charge in [-0.25, -0.2) is 0 Å². The Morgan fingerprint density at radius 2 is 1.79 bits per heavy atom. The molecule has 1 amide bonds. The first kappa shape index (κ1) is 23.2. The van der Waals surface area contributed by atoms with E-state index in [9.17, 15) is 14.9 Å². The van der Waals surface area contributed by atoms with Crippen molar-refractivity contribution in [3.05, 3.63) is 63.7 Å². The Balaban J connectivity index is 1.38. The van der Waals surface area contributed by atoms with Gasteiger partial charge >= 0.3 is 0 Å². The van der Waals surface area contributed by atoms with Crippen LogP contribution in [0.1, 0.15) is 35.7 Å². The number of hydrogen-bond donors (Lipinski definition) is 1. The van der Waals surface area contributed by atoms with Crippen LogP contribution in [0.3, 0.4) is 0 Å². The third-order valence-electron chi connectivity index (χ3n) is 6.59. The van der Waals surface area contributed by atoms with Crippen LogP contribution in [-0.2, 0) is 11.2 Å². The van der Waals surface area contributed by atoms with E-state index in [1.54, 1.807) is 12.1 Å². The number of rotatable bonds is 7. The molecule has 8 nitrogen and oxygen atoms in total. The van der Waals surface area contributed by atoms with Gasteiger partial charge < -0.3 is 15.0 Å². The van der Waals surface area contributed by atoms with Crippen LogP contribution in [-0.4, -0.2) is 61.7 Å². The molecule has 2 aliphatic heterocycles. The molecule has 0 spiro atoms. The summed E-state index contributed by atoms with van der Waals surface area (Å²) in [6.07, 6.45) is 2.97. The van der Waals surface area contributed by atoms with Crippen LogP contribution in [0.4, 0.5) is 17.1 Å². The van der Waals surface area contributed by atoms with Crippen LogP contribution in [0, 0.1) is 16.0 Å². The number of piperidine rings is 1. The van der Waals surface area contributed by atoms with Crippen molar-refractivity contribution in [1.29, 1.82) is 0 Å². The Hall–Kier alpha value is -2.97. The first-order valence-corrected chi connectivity index (χ1v) is 11.7. The second-order valence-electron chi connectivity index (χ2n) is 8.99. The average molecular weight is 453 g/mol. The number of nitrogens with zero attached hydrogens (tertiary/aromatic N) is 3. The summed E-state index contributed by atoms with van der Waals surface area (Å²) in [5.41, 5.74) is 2.73. The fourth-order valence-electron chi connectivity index (χ4n) is 4.40. The lowest BCUT2D eigenvalue weighted by Crippen LogP contribution is -2.37. The number of benzene rings is 2. The van der Waals surface area contributed by atoms with Crippen LogP contribution >= 0.6 is 0 Å². The third-order valence-corrected chi connectivity index (χ3v) is 6.59. The number of ether oxygens (including phenoxy) is 1. The molecule has 0 aliphatic carbocycles. The van der Waals surface area contributed by atoms with Gasteiger partial charge in [0.2, 0.25) is 0 Å². The molecular weight excluding hydrogens is 420 g/mol. The molecular formula is C25H32N4O4. The topological polar surface area (TPSA) is 88.0 Å². The number of nitrogens with one attached hydrogen (secondary N) is 1. The number of nitro benzene ring substituents is 1. The van der Waals surface area contributed by atoms with Crippen molar-refractivity contribution in [1.82, 2.24) is 4.90 Å². The van der Waals surface area contributed by atoms with E-state index in [1.807, 2.05) is 24.3 Å². The first-order valence-electron chi connectivity index (χ1n) is 11.7.